The topological polar surface area (TPSA) is 96.0 Å². The van der Waals surface area contributed by atoms with Crippen molar-refractivity contribution < 1.29 is 22.7 Å². The number of ether oxygens (including phenoxy) is 1. The van der Waals surface area contributed by atoms with Crippen molar-refractivity contribution in [3.63, 3.8) is 0 Å². The number of carbonyl (C=O) groups is 2. The molecule has 10 heteroatoms. The Hall–Kier alpha value is -3.37. The minimum atomic E-state index is -4.17. The maximum absolute atomic E-state index is 14.0. The van der Waals surface area contributed by atoms with Crippen LogP contribution in [-0.2, 0) is 26.2 Å². The summed E-state index contributed by atoms with van der Waals surface area (Å²) in [6.07, 6.45) is 1.73. The number of halogens is 1. The van der Waals surface area contributed by atoms with Crippen LogP contribution < -0.4 is 14.4 Å². The maximum Gasteiger partial charge on any atom is 0.264 e. The molecule has 0 aliphatic heterocycles. The van der Waals surface area contributed by atoms with Gasteiger partial charge in [-0.1, -0.05) is 71.2 Å². The molecule has 2 amide bonds. The molecule has 3 aromatic rings. The number of unbranched alkanes of at least 4 members (excludes halogenated alkanes) is 1. The zero-order chi connectivity index (χ0) is 29.3. The van der Waals surface area contributed by atoms with E-state index in [0.717, 1.165) is 32.7 Å². The van der Waals surface area contributed by atoms with Crippen LogP contribution in [0.25, 0.3) is 0 Å². The van der Waals surface area contributed by atoms with Gasteiger partial charge in [0.1, 0.15) is 18.3 Å². The third kappa shape index (κ3) is 7.85. The Morgan fingerprint density at radius 2 is 1.65 bits per heavy atom. The number of nitrogens with one attached hydrogen (secondary N) is 1. The van der Waals surface area contributed by atoms with Crippen molar-refractivity contribution in [2.45, 2.75) is 51.1 Å². The summed E-state index contributed by atoms with van der Waals surface area (Å²) in [5, 5.41) is 2.89. The summed E-state index contributed by atoms with van der Waals surface area (Å²) < 4.78 is 35.3. The van der Waals surface area contributed by atoms with Crippen LogP contribution in [0.5, 0.6) is 5.75 Å². The highest BCUT2D eigenvalue weighted by Gasteiger charge is 2.33. The van der Waals surface area contributed by atoms with Gasteiger partial charge in [-0.15, -0.1) is 0 Å². The first kappa shape index (κ1) is 31.2. The molecular weight excluding hydrogens is 594 g/mol. The fourth-order valence-corrected chi connectivity index (χ4v) is 5.78. The first-order chi connectivity index (χ1) is 19.1. The van der Waals surface area contributed by atoms with Gasteiger partial charge in [0.25, 0.3) is 10.0 Å². The fraction of sp³-hybridized carbons (Fsp3) is 0.333. The highest BCUT2D eigenvalue weighted by molar-refractivity contribution is 9.10. The molecular formula is C30H36BrN3O5S. The van der Waals surface area contributed by atoms with Crippen LogP contribution in [0.15, 0.2) is 82.2 Å². The van der Waals surface area contributed by atoms with Crippen LogP contribution in [0, 0.1) is 6.92 Å². The van der Waals surface area contributed by atoms with Gasteiger partial charge in [0.2, 0.25) is 11.8 Å². The number of sulfonamides is 1. The van der Waals surface area contributed by atoms with Crippen molar-refractivity contribution in [2.24, 2.45) is 0 Å². The molecule has 1 N–H and O–H groups in total. The van der Waals surface area contributed by atoms with Crippen LogP contribution in [0.3, 0.4) is 0 Å². The molecule has 0 aliphatic rings. The quantitative estimate of drug-likeness (QED) is 0.259. The first-order valence-corrected chi connectivity index (χ1v) is 15.4. The smallest absolute Gasteiger partial charge is 0.264 e. The minimum Gasteiger partial charge on any atom is -0.495 e. The molecule has 0 aromatic heterocycles. The molecule has 0 saturated heterocycles. The van der Waals surface area contributed by atoms with E-state index in [1.54, 1.807) is 43.3 Å². The van der Waals surface area contributed by atoms with E-state index in [1.165, 1.54) is 24.1 Å². The second kappa shape index (κ2) is 14.3. The van der Waals surface area contributed by atoms with Gasteiger partial charge in [-0.2, -0.15) is 0 Å². The summed E-state index contributed by atoms with van der Waals surface area (Å²) >= 11 is 3.42. The fourth-order valence-electron chi connectivity index (χ4n) is 4.09. The van der Waals surface area contributed by atoms with Gasteiger partial charge < -0.3 is 15.0 Å². The lowest BCUT2D eigenvalue weighted by Gasteiger charge is -2.32. The molecule has 0 aliphatic carbocycles. The number of carbonyl (C=O) groups excluding carboxylic acids is 2. The van der Waals surface area contributed by atoms with E-state index < -0.39 is 28.5 Å². The Morgan fingerprint density at radius 3 is 2.27 bits per heavy atom. The van der Waals surface area contributed by atoms with Crippen LogP contribution >= 0.6 is 15.9 Å². The van der Waals surface area contributed by atoms with Gasteiger partial charge in [0.05, 0.1) is 17.7 Å². The Labute approximate surface area is 245 Å². The average molecular weight is 631 g/mol. The van der Waals surface area contributed by atoms with Gasteiger partial charge in [-0.25, -0.2) is 8.42 Å². The molecule has 0 heterocycles. The normalized spacial score (nSPS) is 11.9. The first-order valence-electron chi connectivity index (χ1n) is 13.1. The van der Waals surface area contributed by atoms with Gasteiger partial charge >= 0.3 is 0 Å². The largest absolute Gasteiger partial charge is 0.495 e. The van der Waals surface area contributed by atoms with Crippen LogP contribution in [0.1, 0.15) is 37.8 Å². The lowest BCUT2D eigenvalue weighted by atomic mass is 10.1. The predicted octanol–water partition coefficient (Wildman–Crippen LogP) is 5.30. The van der Waals surface area contributed by atoms with Crippen LogP contribution in [0.2, 0.25) is 0 Å². The van der Waals surface area contributed by atoms with Crippen molar-refractivity contribution in [3.05, 3.63) is 88.4 Å². The number of hydrogen-bond donors (Lipinski definition) is 1. The number of rotatable bonds is 13. The molecule has 3 rings (SSSR count). The van der Waals surface area contributed by atoms with Crippen molar-refractivity contribution in [2.75, 3.05) is 24.5 Å². The molecule has 0 radical (unpaired) electrons. The SMILES string of the molecule is CCCCNC(=O)[C@H](C)N(Cc1ccc(Br)cc1)C(=O)CN(c1ccccc1OC)S(=O)(=O)c1ccc(C)cc1. The highest BCUT2D eigenvalue weighted by atomic mass is 79.9. The molecule has 0 fully saturated rings. The standard InChI is InChI=1S/C30H36BrN3O5S/c1-5-6-19-32-30(36)23(3)33(20-24-13-15-25(31)16-14-24)29(35)21-34(27-9-7-8-10-28(27)39-4)40(37,38)26-17-11-22(2)12-18-26/h7-18,23H,5-6,19-21H2,1-4H3,(H,32,36)/t23-/m0/s1. The van der Waals surface area contributed by atoms with E-state index in [2.05, 4.69) is 21.2 Å². The van der Waals surface area contributed by atoms with Crippen molar-refractivity contribution in [1.82, 2.24) is 10.2 Å². The monoisotopic (exact) mass is 629 g/mol. The number of hydrogen-bond acceptors (Lipinski definition) is 5. The lowest BCUT2D eigenvalue weighted by molar-refractivity contribution is -0.139. The summed E-state index contributed by atoms with van der Waals surface area (Å²) in [5.74, 6) is -0.525. The zero-order valence-electron chi connectivity index (χ0n) is 23.3. The molecule has 1 atom stereocenters. The number of anilines is 1. The number of aryl methyl sites for hydroxylation is 1. The van der Waals surface area contributed by atoms with Crippen LogP contribution in [0.4, 0.5) is 5.69 Å². The lowest BCUT2D eigenvalue weighted by Crippen LogP contribution is -2.51. The summed E-state index contributed by atoms with van der Waals surface area (Å²) in [4.78, 5) is 28.5. The highest BCUT2D eigenvalue weighted by Crippen LogP contribution is 2.32. The maximum atomic E-state index is 14.0. The summed E-state index contributed by atoms with van der Waals surface area (Å²) in [6, 6.07) is 19.7. The number of methoxy groups -OCH3 is 1. The molecule has 0 saturated carbocycles. The third-order valence-corrected chi connectivity index (χ3v) is 8.81. The van der Waals surface area contributed by atoms with Crippen molar-refractivity contribution >= 4 is 43.5 Å². The van der Waals surface area contributed by atoms with Crippen molar-refractivity contribution in [3.8, 4) is 5.75 Å². The van der Waals surface area contributed by atoms with E-state index in [1.807, 2.05) is 38.1 Å². The average Bonchev–Trinajstić information content (AvgIpc) is 2.95. The Bertz CT molecular complexity index is 1400. The van der Waals surface area contributed by atoms with E-state index in [0.29, 0.717) is 12.3 Å². The molecule has 0 unspecified atom stereocenters. The van der Waals surface area contributed by atoms with E-state index in [-0.39, 0.29) is 23.0 Å². The number of amides is 2. The van der Waals surface area contributed by atoms with E-state index in [9.17, 15) is 18.0 Å². The van der Waals surface area contributed by atoms with Gasteiger partial charge in [0.15, 0.2) is 0 Å². The van der Waals surface area contributed by atoms with Gasteiger partial charge in [-0.3, -0.25) is 13.9 Å². The van der Waals surface area contributed by atoms with Gasteiger partial charge in [0, 0.05) is 17.6 Å². The number of benzene rings is 3. The van der Waals surface area contributed by atoms with Crippen LogP contribution in [-0.4, -0.2) is 51.4 Å². The number of para-hydroxylation sites is 2. The Morgan fingerprint density at radius 1 is 1.00 bits per heavy atom. The minimum absolute atomic E-state index is 0.0432. The number of nitrogens with zero attached hydrogens (tertiary/aromatic N) is 2. The summed E-state index contributed by atoms with van der Waals surface area (Å²) in [6.45, 7) is 5.64. The second-order valence-corrected chi connectivity index (χ2v) is 12.2. The zero-order valence-corrected chi connectivity index (χ0v) is 25.7. The van der Waals surface area contributed by atoms with Crippen molar-refractivity contribution in [1.29, 1.82) is 0 Å². The molecule has 0 bridgehead atoms. The Kier molecular flexibility index (Phi) is 11.2. The predicted molar refractivity (Wildman–Crippen MR) is 161 cm³/mol. The molecule has 8 nitrogen and oxygen atoms in total. The third-order valence-electron chi connectivity index (χ3n) is 6.50. The Balaban J connectivity index is 2.03. The van der Waals surface area contributed by atoms with E-state index >= 15 is 0 Å². The van der Waals surface area contributed by atoms with Gasteiger partial charge in [-0.05, 0) is 62.2 Å². The second-order valence-electron chi connectivity index (χ2n) is 9.47. The summed E-state index contributed by atoms with van der Waals surface area (Å²) in [7, 11) is -2.73. The molecule has 0 spiro atoms. The molecule has 3 aromatic carbocycles. The molecule has 40 heavy (non-hydrogen) atoms. The molecule has 214 valence electrons. The summed E-state index contributed by atoms with van der Waals surface area (Å²) in [5.41, 5.74) is 1.93. The van der Waals surface area contributed by atoms with E-state index in [4.69, 9.17) is 4.74 Å².